The minimum Gasteiger partial charge on any atom is -0.507 e. The molecule has 1 aromatic carbocycles. The summed E-state index contributed by atoms with van der Waals surface area (Å²) in [5.41, 5.74) is 3.38. The second kappa shape index (κ2) is 8.54. The number of rotatable bonds is 8. The van der Waals surface area contributed by atoms with Crippen molar-refractivity contribution in [2.45, 2.75) is 31.8 Å². The molecule has 0 spiro atoms. The van der Waals surface area contributed by atoms with E-state index in [2.05, 4.69) is 32.6 Å². The molecule has 0 saturated carbocycles. The molecule has 100 valence electrons. The van der Waals surface area contributed by atoms with Gasteiger partial charge in [0, 0.05) is 22.6 Å². The quantitative estimate of drug-likeness (QED) is 0.702. The van der Waals surface area contributed by atoms with E-state index in [1.54, 1.807) is 0 Å². The summed E-state index contributed by atoms with van der Waals surface area (Å²) in [7, 11) is 0. The summed E-state index contributed by atoms with van der Waals surface area (Å²) in [4.78, 5) is 0. The molecule has 0 aliphatic rings. The molecule has 0 aliphatic carbocycles. The average Bonchev–Trinajstić information content (AvgIpc) is 2.37. The highest BCUT2D eigenvalue weighted by Gasteiger charge is 2.09. The van der Waals surface area contributed by atoms with Gasteiger partial charge in [0.2, 0.25) is 0 Å². The lowest BCUT2D eigenvalue weighted by molar-refractivity contribution is 0.465. The van der Waals surface area contributed by atoms with Crippen molar-refractivity contribution < 1.29 is 5.11 Å². The van der Waals surface area contributed by atoms with Gasteiger partial charge in [-0.15, -0.1) is 6.58 Å². The van der Waals surface area contributed by atoms with Crippen molar-refractivity contribution in [3.63, 3.8) is 0 Å². The third-order valence-electron chi connectivity index (χ3n) is 2.63. The normalized spacial score (nSPS) is 10.6. The Morgan fingerprint density at radius 2 is 1.61 bits per heavy atom. The van der Waals surface area contributed by atoms with Crippen LogP contribution in [-0.2, 0) is 17.9 Å². The van der Waals surface area contributed by atoms with Gasteiger partial charge in [-0.3, -0.25) is 0 Å². The smallest absolute Gasteiger partial charge is 0.123 e. The van der Waals surface area contributed by atoms with E-state index in [-0.39, 0.29) is 0 Å². The molecule has 18 heavy (non-hydrogen) atoms. The molecule has 0 bridgehead atoms. The Morgan fingerprint density at radius 1 is 1.11 bits per heavy atom. The van der Waals surface area contributed by atoms with Crippen molar-refractivity contribution in [3.8, 4) is 5.75 Å². The van der Waals surface area contributed by atoms with Gasteiger partial charge in [-0.05, 0) is 23.5 Å². The van der Waals surface area contributed by atoms with Crippen LogP contribution in [0.5, 0.6) is 5.75 Å². The summed E-state index contributed by atoms with van der Waals surface area (Å²) < 4.78 is 0. The van der Waals surface area contributed by atoms with E-state index < -0.39 is 0 Å². The summed E-state index contributed by atoms with van der Waals surface area (Å²) in [6, 6.07) is 4.22. The fourth-order valence-electron chi connectivity index (χ4n) is 1.76. The molecule has 0 saturated heterocycles. The Labute approximate surface area is 119 Å². The number of hydrogen-bond acceptors (Lipinski definition) is 3. The molecule has 0 amide bonds. The Hall–Kier alpha value is -0.540. The maximum Gasteiger partial charge on any atom is 0.123 e. The summed E-state index contributed by atoms with van der Waals surface area (Å²) in [5.74, 6) is 4.41. The van der Waals surface area contributed by atoms with Crippen molar-refractivity contribution in [2.24, 2.45) is 0 Å². The lowest BCUT2D eigenvalue weighted by Crippen LogP contribution is -1.94. The van der Waals surface area contributed by atoms with Crippen LogP contribution in [0.15, 0.2) is 24.8 Å². The highest BCUT2D eigenvalue weighted by atomic mass is 32.2. The monoisotopic (exact) mass is 282 g/mol. The standard InChI is InChI=1S/C15H22OS2/c1-4-7-12-8-13(10-17-5-2)15(16)14(9-12)11-18-6-3/h4,8-9,16H,1,5-7,10-11H2,2-3H3. The third-order valence-corrected chi connectivity index (χ3v) is 4.48. The molecule has 0 aliphatic heterocycles. The minimum atomic E-state index is 0.490. The predicted octanol–water partition coefficient (Wildman–Crippen LogP) is 4.63. The van der Waals surface area contributed by atoms with Crippen LogP contribution in [0.25, 0.3) is 0 Å². The molecular formula is C15H22OS2. The molecule has 1 N–H and O–H groups in total. The van der Waals surface area contributed by atoms with Gasteiger partial charge < -0.3 is 5.11 Å². The molecule has 1 rings (SSSR count). The van der Waals surface area contributed by atoms with Gasteiger partial charge in [-0.1, -0.05) is 32.1 Å². The van der Waals surface area contributed by atoms with E-state index in [0.29, 0.717) is 5.75 Å². The molecule has 0 heterocycles. The van der Waals surface area contributed by atoms with Gasteiger partial charge in [-0.25, -0.2) is 0 Å². The number of phenolic OH excluding ortho intramolecular Hbond substituents is 1. The summed E-state index contributed by atoms with van der Waals surface area (Å²) in [5, 5.41) is 10.3. The van der Waals surface area contributed by atoms with E-state index in [9.17, 15) is 5.11 Å². The van der Waals surface area contributed by atoms with Gasteiger partial charge in [-0.2, -0.15) is 23.5 Å². The molecule has 0 unspecified atom stereocenters. The number of benzene rings is 1. The van der Waals surface area contributed by atoms with Crippen LogP contribution in [0.3, 0.4) is 0 Å². The van der Waals surface area contributed by atoms with Crippen molar-refractivity contribution in [2.75, 3.05) is 11.5 Å². The van der Waals surface area contributed by atoms with Gasteiger partial charge in [0.05, 0.1) is 0 Å². The second-order valence-electron chi connectivity index (χ2n) is 4.03. The van der Waals surface area contributed by atoms with Crippen LogP contribution < -0.4 is 0 Å². The Kier molecular flexibility index (Phi) is 7.36. The first kappa shape index (κ1) is 15.5. The Morgan fingerprint density at radius 3 is 2.00 bits per heavy atom. The maximum atomic E-state index is 10.3. The molecule has 0 aromatic heterocycles. The van der Waals surface area contributed by atoms with Gasteiger partial charge >= 0.3 is 0 Å². The number of phenols is 1. The zero-order valence-corrected chi connectivity index (χ0v) is 12.9. The van der Waals surface area contributed by atoms with Gasteiger partial charge in [0.25, 0.3) is 0 Å². The van der Waals surface area contributed by atoms with Crippen LogP contribution in [0.1, 0.15) is 30.5 Å². The summed E-state index contributed by atoms with van der Waals surface area (Å²) >= 11 is 3.68. The highest BCUT2D eigenvalue weighted by molar-refractivity contribution is 7.98. The summed E-state index contributed by atoms with van der Waals surface area (Å²) in [6.45, 7) is 8.07. The van der Waals surface area contributed by atoms with E-state index in [4.69, 9.17) is 0 Å². The van der Waals surface area contributed by atoms with Crippen molar-refractivity contribution in [1.82, 2.24) is 0 Å². The van der Waals surface area contributed by atoms with Crippen LogP contribution in [0, 0.1) is 0 Å². The van der Waals surface area contributed by atoms with Crippen LogP contribution in [-0.4, -0.2) is 16.6 Å². The predicted molar refractivity (Wildman–Crippen MR) is 85.7 cm³/mol. The lowest BCUT2D eigenvalue weighted by Gasteiger charge is -2.12. The zero-order valence-electron chi connectivity index (χ0n) is 11.2. The van der Waals surface area contributed by atoms with E-state index in [1.807, 2.05) is 29.6 Å². The number of hydrogen-bond donors (Lipinski definition) is 1. The average molecular weight is 282 g/mol. The minimum absolute atomic E-state index is 0.490. The second-order valence-corrected chi connectivity index (χ2v) is 6.58. The lowest BCUT2D eigenvalue weighted by atomic mass is 10.0. The molecule has 1 nitrogen and oxygen atoms in total. The van der Waals surface area contributed by atoms with E-state index in [1.165, 1.54) is 5.56 Å². The van der Waals surface area contributed by atoms with Crippen LogP contribution >= 0.6 is 23.5 Å². The Bertz CT molecular complexity index is 359. The molecule has 3 heteroatoms. The van der Waals surface area contributed by atoms with E-state index >= 15 is 0 Å². The number of thioether (sulfide) groups is 2. The van der Waals surface area contributed by atoms with Crippen molar-refractivity contribution in [1.29, 1.82) is 0 Å². The fraction of sp³-hybridized carbons (Fsp3) is 0.467. The SMILES string of the molecule is C=CCc1cc(CSCC)c(O)c(CSCC)c1. The molecule has 0 atom stereocenters. The number of aromatic hydroxyl groups is 1. The number of allylic oxidation sites excluding steroid dienone is 1. The highest BCUT2D eigenvalue weighted by Crippen LogP contribution is 2.31. The van der Waals surface area contributed by atoms with E-state index in [0.717, 1.165) is 40.6 Å². The summed E-state index contributed by atoms with van der Waals surface area (Å²) in [6.07, 6.45) is 2.79. The largest absolute Gasteiger partial charge is 0.507 e. The van der Waals surface area contributed by atoms with Crippen LogP contribution in [0.2, 0.25) is 0 Å². The first-order valence-electron chi connectivity index (χ1n) is 6.32. The third kappa shape index (κ3) is 4.62. The molecule has 0 radical (unpaired) electrons. The Balaban J connectivity index is 2.98. The first-order chi connectivity index (χ1) is 8.72. The van der Waals surface area contributed by atoms with Crippen LogP contribution in [0.4, 0.5) is 0 Å². The molecular weight excluding hydrogens is 260 g/mol. The van der Waals surface area contributed by atoms with Crippen molar-refractivity contribution in [3.05, 3.63) is 41.5 Å². The first-order valence-corrected chi connectivity index (χ1v) is 8.63. The fourth-order valence-corrected chi connectivity index (χ4v) is 3.05. The van der Waals surface area contributed by atoms with Gasteiger partial charge in [0.15, 0.2) is 0 Å². The maximum absolute atomic E-state index is 10.3. The molecule has 1 aromatic rings. The zero-order chi connectivity index (χ0) is 13.4. The van der Waals surface area contributed by atoms with Crippen molar-refractivity contribution >= 4 is 23.5 Å². The topological polar surface area (TPSA) is 20.2 Å². The van der Waals surface area contributed by atoms with Gasteiger partial charge in [0.1, 0.15) is 5.75 Å². The molecule has 0 fully saturated rings.